The SMILES string of the molecule is O=C(OCC[NH+]1CCCCC1)C1c2ccccc2Oc2ccccc21. The smallest absolute Gasteiger partial charge is 0.318 e. The molecule has 0 unspecified atom stereocenters. The maximum Gasteiger partial charge on any atom is 0.318 e. The second-order valence-electron chi connectivity index (χ2n) is 6.84. The molecule has 4 rings (SSSR count). The van der Waals surface area contributed by atoms with Crippen molar-refractivity contribution in [3.05, 3.63) is 59.7 Å². The van der Waals surface area contributed by atoms with Crippen molar-refractivity contribution >= 4 is 5.97 Å². The van der Waals surface area contributed by atoms with Crippen LogP contribution in [0.2, 0.25) is 0 Å². The van der Waals surface area contributed by atoms with Gasteiger partial charge in [0.2, 0.25) is 0 Å². The molecule has 2 aliphatic heterocycles. The molecule has 0 aliphatic carbocycles. The maximum absolute atomic E-state index is 12.9. The fourth-order valence-corrected chi connectivity index (χ4v) is 3.84. The first-order valence-electron chi connectivity index (χ1n) is 9.19. The Balaban J connectivity index is 1.49. The number of hydrogen-bond acceptors (Lipinski definition) is 3. The number of carbonyl (C=O) groups is 1. The van der Waals surface area contributed by atoms with E-state index in [1.165, 1.54) is 32.4 Å². The molecule has 0 radical (unpaired) electrons. The third-order valence-corrected chi connectivity index (χ3v) is 5.18. The largest absolute Gasteiger partial charge is 0.459 e. The monoisotopic (exact) mass is 338 g/mol. The minimum atomic E-state index is -0.405. The van der Waals surface area contributed by atoms with Gasteiger partial charge in [-0.25, -0.2) is 0 Å². The van der Waals surface area contributed by atoms with Crippen molar-refractivity contribution in [1.29, 1.82) is 0 Å². The van der Waals surface area contributed by atoms with Crippen LogP contribution >= 0.6 is 0 Å². The fourth-order valence-electron chi connectivity index (χ4n) is 3.84. The lowest BCUT2D eigenvalue weighted by molar-refractivity contribution is -0.905. The summed E-state index contributed by atoms with van der Waals surface area (Å²) in [7, 11) is 0. The normalized spacial score (nSPS) is 17.3. The average molecular weight is 338 g/mol. The van der Waals surface area contributed by atoms with Crippen molar-refractivity contribution in [2.45, 2.75) is 25.2 Å². The summed E-state index contributed by atoms with van der Waals surface area (Å²) in [5, 5.41) is 0. The van der Waals surface area contributed by atoms with Crippen molar-refractivity contribution in [1.82, 2.24) is 0 Å². The standard InChI is InChI=1S/C21H23NO3/c23-21(24-15-14-22-12-6-1-7-13-22)20-16-8-2-4-10-18(16)25-19-11-5-3-9-17(19)20/h2-5,8-11,20H,1,6-7,12-15H2/p+1. The second kappa shape index (κ2) is 7.28. The number of likely N-dealkylation sites (tertiary alicyclic amines) is 1. The molecule has 4 nitrogen and oxygen atoms in total. The van der Waals surface area contributed by atoms with Gasteiger partial charge in [-0.3, -0.25) is 4.79 Å². The summed E-state index contributed by atoms with van der Waals surface area (Å²) in [5.41, 5.74) is 1.77. The first kappa shape index (κ1) is 16.2. The third-order valence-electron chi connectivity index (χ3n) is 5.18. The maximum atomic E-state index is 12.9. The minimum Gasteiger partial charge on any atom is -0.459 e. The van der Waals surface area contributed by atoms with E-state index in [1.54, 1.807) is 4.90 Å². The average Bonchev–Trinajstić information content (AvgIpc) is 2.66. The molecule has 130 valence electrons. The van der Waals surface area contributed by atoms with E-state index in [4.69, 9.17) is 9.47 Å². The lowest BCUT2D eigenvalue weighted by Crippen LogP contribution is -3.13. The number of esters is 1. The van der Waals surface area contributed by atoms with E-state index in [2.05, 4.69) is 0 Å². The second-order valence-corrected chi connectivity index (χ2v) is 6.84. The van der Waals surface area contributed by atoms with Gasteiger partial charge in [0.05, 0.1) is 13.1 Å². The number of ether oxygens (including phenoxy) is 2. The number of nitrogens with one attached hydrogen (secondary N) is 1. The van der Waals surface area contributed by atoms with Crippen LogP contribution in [-0.2, 0) is 9.53 Å². The molecule has 2 aromatic rings. The lowest BCUT2D eigenvalue weighted by Gasteiger charge is -2.27. The van der Waals surface area contributed by atoms with E-state index >= 15 is 0 Å². The molecule has 4 heteroatoms. The van der Waals surface area contributed by atoms with E-state index in [0.717, 1.165) is 29.2 Å². The molecule has 25 heavy (non-hydrogen) atoms. The van der Waals surface area contributed by atoms with Gasteiger partial charge < -0.3 is 14.4 Å². The van der Waals surface area contributed by atoms with Crippen molar-refractivity contribution in [2.24, 2.45) is 0 Å². The first-order chi connectivity index (χ1) is 12.3. The van der Waals surface area contributed by atoms with Gasteiger partial charge >= 0.3 is 5.97 Å². The van der Waals surface area contributed by atoms with Crippen LogP contribution in [0.4, 0.5) is 0 Å². The van der Waals surface area contributed by atoms with Crippen LogP contribution in [0.1, 0.15) is 36.3 Å². The molecule has 0 spiro atoms. The van der Waals surface area contributed by atoms with Crippen LogP contribution in [0.15, 0.2) is 48.5 Å². The summed E-state index contributed by atoms with van der Waals surface area (Å²) in [5.74, 6) is 0.895. The van der Waals surface area contributed by atoms with Crippen LogP contribution in [-0.4, -0.2) is 32.2 Å². The molecule has 2 heterocycles. The number of carbonyl (C=O) groups excluding carboxylic acids is 1. The summed E-state index contributed by atoms with van der Waals surface area (Å²) in [6.45, 7) is 3.77. The summed E-state index contributed by atoms with van der Waals surface area (Å²) in [4.78, 5) is 14.4. The van der Waals surface area contributed by atoms with E-state index in [-0.39, 0.29) is 5.97 Å². The van der Waals surface area contributed by atoms with Crippen molar-refractivity contribution in [3.8, 4) is 11.5 Å². The fraction of sp³-hybridized carbons (Fsp3) is 0.381. The first-order valence-corrected chi connectivity index (χ1v) is 9.19. The van der Waals surface area contributed by atoms with Gasteiger partial charge in [-0.15, -0.1) is 0 Å². The number of quaternary nitrogens is 1. The summed E-state index contributed by atoms with van der Waals surface area (Å²) >= 11 is 0. The number of rotatable bonds is 4. The lowest BCUT2D eigenvalue weighted by atomic mass is 9.88. The molecule has 1 saturated heterocycles. The van der Waals surface area contributed by atoms with Gasteiger partial charge in [-0.2, -0.15) is 0 Å². The Morgan fingerprint density at radius 2 is 1.56 bits per heavy atom. The molecule has 0 saturated carbocycles. The summed E-state index contributed by atoms with van der Waals surface area (Å²) in [6.07, 6.45) is 3.90. The Hall–Kier alpha value is -2.33. The van der Waals surface area contributed by atoms with Gasteiger partial charge in [0.15, 0.2) is 0 Å². The number of fused-ring (bicyclic) bond motifs is 2. The molecule has 0 atom stereocenters. The number of para-hydroxylation sites is 2. The highest BCUT2D eigenvalue weighted by atomic mass is 16.5. The van der Waals surface area contributed by atoms with Crippen LogP contribution in [0.3, 0.4) is 0 Å². The highest BCUT2D eigenvalue weighted by molar-refractivity contribution is 5.85. The number of piperidine rings is 1. The van der Waals surface area contributed by atoms with E-state index in [1.807, 2.05) is 48.5 Å². The van der Waals surface area contributed by atoms with Crippen LogP contribution in [0.5, 0.6) is 11.5 Å². The van der Waals surface area contributed by atoms with Gasteiger partial charge in [0, 0.05) is 11.1 Å². The zero-order valence-corrected chi connectivity index (χ0v) is 14.4. The molecule has 2 aliphatic rings. The summed E-state index contributed by atoms with van der Waals surface area (Å²) < 4.78 is 11.6. The van der Waals surface area contributed by atoms with Crippen molar-refractivity contribution < 1.29 is 19.2 Å². The van der Waals surface area contributed by atoms with Gasteiger partial charge in [0.1, 0.15) is 30.6 Å². The van der Waals surface area contributed by atoms with E-state index in [9.17, 15) is 4.79 Å². The minimum absolute atomic E-state index is 0.181. The molecule has 1 fully saturated rings. The molecule has 0 bridgehead atoms. The Morgan fingerprint density at radius 3 is 2.20 bits per heavy atom. The highest BCUT2D eigenvalue weighted by Crippen LogP contribution is 2.44. The predicted octanol–water partition coefficient (Wildman–Crippen LogP) is 2.54. The molecular weight excluding hydrogens is 314 g/mol. The van der Waals surface area contributed by atoms with Gasteiger partial charge in [-0.1, -0.05) is 36.4 Å². The number of hydrogen-bond donors (Lipinski definition) is 1. The van der Waals surface area contributed by atoms with E-state index < -0.39 is 5.92 Å². The Morgan fingerprint density at radius 1 is 0.960 bits per heavy atom. The quantitative estimate of drug-likeness (QED) is 0.871. The molecule has 0 aromatic heterocycles. The van der Waals surface area contributed by atoms with E-state index in [0.29, 0.717) is 6.61 Å². The Kier molecular flexibility index (Phi) is 4.70. The molecule has 2 aromatic carbocycles. The van der Waals surface area contributed by atoms with Crippen molar-refractivity contribution in [3.63, 3.8) is 0 Å². The Bertz CT molecular complexity index is 707. The van der Waals surface area contributed by atoms with Crippen molar-refractivity contribution in [2.75, 3.05) is 26.2 Å². The third kappa shape index (κ3) is 3.40. The van der Waals surface area contributed by atoms with Crippen LogP contribution in [0, 0.1) is 0 Å². The van der Waals surface area contributed by atoms with Crippen LogP contribution < -0.4 is 9.64 Å². The molecular formula is C21H24NO3+. The molecule has 0 amide bonds. The Labute approximate surface area is 148 Å². The van der Waals surface area contributed by atoms with Crippen LogP contribution in [0.25, 0.3) is 0 Å². The highest BCUT2D eigenvalue weighted by Gasteiger charge is 2.33. The topological polar surface area (TPSA) is 40.0 Å². The predicted molar refractivity (Wildman–Crippen MR) is 95.2 cm³/mol. The zero-order chi connectivity index (χ0) is 17.1. The summed E-state index contributed by atoms with van der Waals surface area (Å²) in [6, 6.07) is 15.4. The molecule has 1 N–H and O–H groups in total. The zero-order valence-electron chi connectivity index (χ0n) is 14.4. The number of benzene rings is 2. The van der Waals surface area contributed by atoms with Gasteiger partial charge in [0.25, 0.3) is 0 Å². The van der Waals surface area contributed by atoms with Gasteiger partial charge in [-0.05, 0) is 31.4 Å².